The molecular weight excluding hydrogens is 304 g/mol. The molecule has 1 aliphatic rings. The summed E-state index contributed by atoms with van der Waals surface area (Å²) in [5, 5.41) is 4.29. The fourth-order valence-corrected chi connectivity index (χ4v) is 2.83. The van der Waals surface area contributed by atoms with Gasteiger partial charge in [-0.05, 0) is 31.1 Å². The Morgan fingerprint density at radius 2 is 2.04 bits per heavy atom. The third-order valence-corrected chi connectivity index (χ3v) is 4.18. The number of amides is 2. The van der Waals surface area contributed by atoms with Gasteiger partial charge in [0.2, 0.25) is 11.8 Å². The predicted molar refractivity (Wildman–Crippen MR) is 91.1 cm³/mol. The Balaban J connectivity index is 1.64. The van der Waals surface area contributed by atoms with Gasteiger partial charge in [0.1, 0.15) is 0 Å². The number of hydrogen-bond donors (Lipinski definition) is 1. The average molecular weight is 324 g/mol. The van der Waals surface area contributed by atoms with E-state index in [1.165, 1.54) is 6.08 Å². The molecule has 24 heavy (non-hydrogen) atoms. The van der Waals surface area contributed by atoms with E-state index in [9.17, 15) is 9.59 Å². The highest BCUT2D eigenvalue weighted by molar-refractivity contribution is 5.92. The van der Waals surface area contributed by atoms with Crippen molar-refractivity contribution in [3.8, 4) is 5.69 Å². The van der Waals surface area contributed by atoms with E-state index in [0.29, 0.717) is 13.1 Å². The van der Waals surface area contributed by atoms with Crippen LogP contribution in [0.4, 0.5) is 0 Å². The van der Waals surface area contributed by atoms with Crippen LogP contribution in [0.3, 0.4) is 0 Å². The number of para-hydroxylation sites is 1. The Hall–Kier alpha value is -2.89. The Morgan fingerprint density at radius 1 is 1.25 bits per heavy atom. The maximum atomic E-state index is 12.3. The molecule has 3 rings (SSSR count). The lowest BCUT2D eigenvalue weighted by molar-refractivity contribution is -0.130. The molecule has 1 aromatic heterocycles. The van der Waals surface area contributed by atoms with E-state index < -0.39 is 0 Å². The highest BCUT2D eigenvalue weighted by atomic mass is 16.2. The molecule has 124 valence electrons. The first-order valence-electron chi connectivity index (χ1n) is 8.00. The molecule has 1 unspecified atom stereocenters. The lowest BCUT2D eigenvalue weighted by atomic mass is 9.97. The first-order chi connectivity index (χ1) is 11.6. The second-order valence-electron chi connectivity index (χ2n) is 5.91. The van der Waals surface area contributed by atoms with Gasteiger partial charge in [0.15, 0.2) is 0 Å². The topological polar surface area (TPSA) is 81.2 Å². The van der Waals surface area contributed by atoms with Gasteiger partial charge in [-0.1, -0.05) is 18.2 Å². The molecule has 1 fully saturated rings. The average Bonchev–Trinajstić information content (AvgIpc) is 3.09. The minimum absolute atomic E-state index is 0.103. The SMILES string of the molecule is NC(=O)C1CCCN(C(=O)C=Cc2cnn(-c3ccccc3)c2)C1. The van der Waals surface area contributed by atoms with Gasteiger partial charge in [-0.3, -0.25) is 9.59 Å². The van der Waals surface area contributed by atoms with Gasteiger partial charge in [-0.25, -0.2) is 4.68 Å². The number of benzene rings is 1. The van der Waals surface area contributed by atoms with Gasteiger partial charge in [0.25, 0.3) is 0 Å². The summed E-state index contributed by atoms with van der Waals surface area (Å²) in [7, 11) is 0. The third kappa shape index (κ3) is 3.71. The van der Waals surface area contributed by atoms with Crippen molar-refractivity contribution in [1.82, 2.24) is 14.7 Å². The van der Waals surface area contributed by atoms with Gasteiger partial charge in [0, 0.05) is 30.9 Å². The normalized spacial score (nSPS) is 18.0. The molecule has 2 aromatic rings. The molecule has 0 bridgehead atoms. The van der Waals surface area contributed by atoms with Gasteiger partial charge in [-0.15, -0.1) is 0 Å². The molecule has 1 atom stereocenters. The van der Waals surface area contributed by atoms with Gasteiger partial charge < -0.3 is 10.6 Å². The lowest BCUT2D eigenvalue weighted by Crippen LogP contribution is -2.43. The van der Waals surface area contributed by atoms with E-state index in [4.69, 9.17) is 5.73 Å². The van der Waals surface area contributed by atoms with Crippen LogP contribution in [-0.2, 0) is 9.59 Å². The highest BCUT2D eigenvalue weighted by Crippen LogP contribution is 2.16. The zero-order valence-electron chi connectivity index (χ0n) is 13.3. The summed E-state index contributed by atoms with van der Waals surface area (Å²) in [4.78, 5) is 25.2. The summed E-state index contributed by atoms with van der Waals surface area (Å²) in [6, 6.07) is 9.76. The van der Waals surface area contributed by atoms with E-state index in [-0.39, 0.29) is 17.7 Å². The zero-order chi connectivity index (χ0) is 16.9. The number of nitrogens with zero attached hydrogens (tertiary/aromatic N) is 3. The van der Waals surface area contributed by atoms with Crippen LogP contribution in [0.1, 0.15) is 18.4 Å². The molecule has 6 nitrogen and oxygen atoms in total. The van der Waals surface area contributed by atoms with Crippen molar-refractivity contribution in [2.24, 2.45) is 11.7 Å². The number of piperidine rings is 1. The standard InChI is InChI=1S/C18H20N4O2/c19-18(24)15-5-4-10-21(13-15)17(23)9-8-14-11-20-22(12-14)16-6-2-1-3-7-16/h1-3,6-9,11-12,15H,4-5,10,13H2,(H2,19,24). The molecule has 1 aromatic carbocycles. The van der Waals surface area contributed by atoms with Crippen LogP contribution in [0.25, 0.3) is 11.8 Å². The Kier molecular flexibility index (Phi) is 4.74. The van der Waals surface area contributed by atoms with Crippen molar-refractivity contribution >= 4 is 17.9 Å². The second kappa shape index (κ2) is 7.12. The number of carbonyl (C=O) groups excluding carboxylic acids is 2. The van der Waals surface area contributed by atoms with Crippen molar-refractivity contribution < 1.29 is 9.59 Å². The fourth-order valence-electron chi connectivity index (χ4n) is 2.83. The van der Waals surface area contributed by atoms with Gasteiger partial charge in [-0.2, -0.15) is 5.10 Å². The molecule has 0 radical (unpaired) electrons. The Bertz CT molecular complexity index is 751. The van der Waals surface area contributed by atoms with Crippen LogP contribution in [-0.4, -0.2) is 39.6 Å². The zero-order valence-corrected chi connectivity index (χ0v) is 13.3. The second-order valence-corrected chi connectivity index (χ2v) is 5.91. The lowest BCUT2D eigenvalue weighted by Gasteiger charge is -2.30. The molecular formula is C18H20N4O2. The minimum atomic E-state index is -0.333. The van der Waals surface area contributed by atoms with Crippen molar-refractivity contribution in [2.75, 3.05) is 13.1 Å². The molecule has 2 N–H and O–H groups in total. The highest BCUT2D eigenvalue weighted by Gasteiger charge is 2.25. The maximum absolute atomic E-state index is 12.3. The Morgan fingerprint density at radius 3 is 2.79 bits per heavy atom. The first kappa shape index (κ1) is 16.0. The predicted octanol–water partition coefficient (Wildman–Crippen LogP) is 1.61. The molecule has 0 saturated carbocycles. The molecule has 2 heterocycles. The van der Waals surface area contributed by atoms with Crippen LogP contribution >= 0.6 is 0 Å². The largest absolute Gasteiger partial charge is 0.369 e. The third-order valence-electron chi connectivity index (χ3n) is 4.18. The number of likely N-dealkylation sites (tertiary alicyclic amines) is 1. The number of rotatable bonds is 4. The number of aromatic nitrogens is 2. The minimum Gasteiger partial charge on any atom is -0.369 e. The first-order valence-corrected chi connectivity index (χ1v) is 8.00. The van der Waals surface area contributed by atoms with Crippen LogP contribution in [0, 0.1) is 5.92 Å². The van der Waals surface area contributed by atoms with Crippen molar-refractivity contribution in [1.29, 1.82) is 0 Å². The van der Waals surface area contributed by atoms with E-state index in [1.807, 2.05) is 36.5 Å². The Labute approximate surface area is 140 Å². The summed E-state index contributed by atoms with van der Waals surface area (Å²) >= 11 is 0. The summed E-state index contributed by atoms with van der Waals surface area (Å²) in [5.41, 5.74) is 7.15. The van der Waals surface area contributed by atoms with E-state index >= 15 is 0 Å². The van der Waals surface area contributed by atoms with Gasteiger partial charge >= 0.3 is 0 Å². The summed E-state index contributed by atoms with van der Waals surface area (Å²) in [5.74, 6) is -0.675. The van der Waals surface area contributed by atoms with Gasteiger partial charge in [0.05, 0.1) is 17.8 Å². The van der Waals surface area contributed by atoms with Crippen LogP contribution in [0.15, 0.2) is 48.8 Å². The molecule has 0 spiro atoms. The van der Waals surface area contributed by atoms with E-state index in [1.54, 1.807) is 21.9 Å². The van der Waals surface area contributed by atoms with Crippen molar-refractivity contribution in [3.63, 3.8) is 0 Å². The number of nitrogens with two attached hydrogens (primary N) is 1. The summed E-state index contributed by atoms with van der Waals surface area (Å²) < 4.78 is 1.76. The van der Waals surface area contributed by atoms with Crippen LogP contribution < -0.4 is 5.73 Å². The quantitative estimate of drug-likeness (QED) is 0.868. The molecule has 6 heteroatoms. The molecule has 0 aliphatic carbocycles. The number of carbonyl (C=O) groups is 2. The van der Waals surface area contributed by atoms with Crippen molar-refractivity contribution in [3.05, 3.63) is 54.4 Å². The summed E-state index contributed by atoms with van der Waals surface area (Å²) in [6.07, 6.45) is 8.39. The van der Waals surface area contributed by atoms with E-state index in [0.717, 1.165) is 24.1 Å². The molecule has 1 saturated heterocycles. The van der Waals surface area contributed by atoms with Crippen LogP contribution in [0.2, 0.25) is 0 Å². The molecule has 2 amide bonds. The molecule has 1 aliphatic heterocycles. The summed E-state index contributed by atoms with van der Waals surface area (Å²) in [6.45, 7) is 1.07. The van der Waals surface area contributed by atoms with E-state index in [2.05, 4.69) is 5.10 Å². The maximum Gasteiger partial charge on any atom is 0.246 e. The van der Waals surface area contributed by atoms with Crippen LogP contribution in [0.5, 0.6) is 0 Å². The monoisotopic (exact) mass is 324 g/mol. The number of primary amides is 1. The number of hydrogen-bond acceptors (Lipinski definition) is 3. The fraction of sp³-hybridized carbons (Fsp3) is 0.278. The smallest absolute Gasteiger partial charge is 0.246 e. The van der Waals surface area contributed by atoms with Crippen molar-refractivity contribution in [2.45, 2.75) is 12.8 Å².